The molecule has 15 heavy (non-hydrogen) atoms. The highest BCUT2D eigenvalue weighted by Gasteiger charge is 2.15. The molecule has 0 amide bonds. The fourth-order valence-corrected chi connectivity index (χ4v) is 1.67. The second-order valence-corrected chi connectivity index (χ2v) is 3.58. The summed E-state index contributed by atoms with van der Waals surface area (Å²) in [5.74, 6) is 0. The molecule has 1 atom stereocenters. The quantitative estimate of drug-likeness (QED) is 0.714. The van der Waals surface area contributed by atoms with E-state index in [1.54, 1.807) is 13.4 Å². The molecule has 0 spiro atoms. The van der Waals surface area contributed by atoms with Crippen molar-refractivity contribution in [1.29, 1.82) is 0 Å². The Kier molecular flexibility index (Phi) is 3.40. The summed E-state index contributed by atoms with van der Waals surface area (Å²) in [7, 11) is 1.62. The summed E-state index contributed by atoms with van der Waals surface area (Å²) >= 11 is 0. The highest BCUT2D eigenvalue weighted by Crippen LogP contribution is 2.21. The molecule has 4 heteroatoms. The fourth-order valence-electron chi connectivity index (χ4n) is 1.67. The smallest absolute Gasteiger partial charge is 0.150 e. The zero-order valence-corrected chi connectivity index (χ0v) is 8.93. The van der Waals surface area contributed by atoms with Gasteiger partial charge in [0, 0.05) is 18.9 Å². The van der Waals surface area contributed by atoms with Gasteiger partial charge < -0.3 is 9.47 Å². The van der Waals surface area contributed by atoms with Crippen LogP contribution in [-0.2, 0) is 9.47 Å². The van der Waals surface area contributed by atoms with Gasteiger partial charge in [-0.05, 0) is 25.3 Å². The summed E-state index contributed by atoms with van der Waals surface area (Å²) in [6.07, 6.45) is 8.94. The van der Waals surface area contributed by atoms with Crippen LogP contribution in [0, 0.1) is 0 Å². The largest absolute Gasteiger partial charge is 0.504 e. The number of methoxy groups -OCH3 is 1. The fraction of sp³-hybridized carbons (Fsp3) is 0.545. The molecule has 0 bridgehead atoms. The SMILES string of the molecule is CO/C=C/c1ccn(C2CCCCO2)n1. The van der Waals surface area contributed by atoms with Gasteiger partial charge in [0.15, 0.2) is 0 Å². The first-order valence-electron chi connectivity index (χ1n) is 5.26. The lowest BCUT2D eigenvalue weighted by atomic mass is 10.2. The molecule has 0 N–H and O–H groups in total. The minimum absolute atomic E-state index is 0.114. The summed E-state index contributed by atoms with van der Waals surface area (Å²) in [6.45, 7) is 0.841. The first kappa shape index (κ1) is 10.2. The van der Waals surface area contributed by atoms with Gasteiger partial charge in [-0.15, -0.1) is 0 Å². The zero-order valence-electron chi connectivity index (χ0n) is 8.93. The lowest BCUT2D eigenvalue weighted by Crippen LogP contribution is -2.18. The van der Waals surface area contributed by atoms with Gasteiger partial charge in [-0.25, -0.2) is 4.68 Å². The Labute approximate surface area is 89.5 Å². The van der Waals surface area contributed by atoms with Crippen molar-refractivity contribution in [3.63, 3.8) is 0 Å². The van der Waals surface area contributed by atoms with Crippen molar-refractivity contribution in [2.24, 2.45) is 0 Å². The molecule has 1 fully saturated rings. The van der Waals surface area contributed by atoms with Gasteiger partial charge in [0.25, 0.3) is 0 Å². The van der Waals surface area contributed by atoms with Crippen LogP contribution < -0.4 is 0 Å². The van der Waals surface area contributed by atoms with Crippen molar-refractivity contribution in [2.45, 2.75) is 25.5 Å². The molecule has 1 aromatic rings. The zero-order chi connectivity index (χ0) is 10.5. The van der Waals surface area contributed by atoms with Crippen molar-refractivity contribution in [2.75, 3.05) is 13.7 Å². The third-order valence-electron chi connectivity index (χ3n) is 2.45. The van der Waals surface area contributed by atoms with Crippen molar-refractivity contribution in [3.05, 3.63) is 24.2 Å². The molecule has 2 rings (SSSR count). The predicted molar refractivity (Wildman–Crippen MR) is 57.1 cm³/mol. The first-order valence-corrected chi connectivity index (χ1v) is 5.26. The third kappa shape index (κ3) is 2.59. The molecular weight excluding hydrogens is 192 g/mol. The number of rotatable bonds is 3. The monoisotopic (exact) mass is 208 g/mol. The van der Waals surface area contributed by atoms with E-state index >= 15 is 0 Å². The normalized spacial score (nSPS) is 22.1. The van der Waals surface area contributed by atoms with Crippen molar-refractivity contribution >= 4 is 6.08 Å². The van der Waals surface area contributed by atoms with E-state index < -0.39 is 0 Å². The number of ether oxygens (including phenoxy) is 2. The Morgan fingerprint density at radius 1 is 1.60 bits per heavy atom. The van der Waals surface area contributed by atoms with Crippen molar-refractivity contribution in [1.82, 2.24) is 9.78 Å². The molecule has 0 aliphatic carbocycles. The van der Waals surface area contributed by atoms with E-state index in [1.165, 1.54) is 6.42 Å². The predicted octanol–water partition coefficient (Wildman–Crippen LogP) is 2.20. The van der Waals surface area contributed by atoms with Crippen molar-refractivity contribution in [3.8, 4) is 0 Å². The van der Waals surface area contributed by atoms with Crippen molar-refractivity contribution < 1.29 is 9.47 Å². The Balaban J connectivity index is 2.02. The first-order chi connectivity index (χ1) is 7.40. The van der Waals surface area contributed by atoms with Crippen LogP contribution in [0.2, 0.25) is 0 Å². The highest BCUT2D eigenvalue weighted by atomic mass is 16.5. The maximum absolute atomic E-state index is 5.63. The molecule has 1 saturated heterocycles. The Morgan fingerprint density at radius 2 is 2.53 bits per heavy atom. The molecule has 2 heterocycles. The highest BCUT2D eigenvalue weighted by molar-refractivity contribution is 5.41. The minimum atomic E-state index is 0.114. The summed E-state index contributed by atoms with van der Waals surface area (Å²) in [5.41, 5.74) is 0.894. The van der Waals surface area contributed by atoms with E-state index in [0.29, 0.717) is 0 Å². The molecule has 1 aliphatic heterocycles. The van der Waals surface area contributed by atoms with Crippen LogP contribution in [0.15, 0.2) is 18.5 Å². The maximum Gasteiger partial charge on any atom is 0.150 e. The van der Waals surface area contributed by atoms with Crippen LogP contribution in [0.1, 0.15) is 31.2 Å². The Bertz CT molecular complexity index is 327. The Morgan fingerprint density at radius 3 is 3.27 bits per heavy atom. The minimum Gasteiger partial charge on any atom is -0.504 e. The summed E-state index contributed by atoms with van der Waals surface area (Å²) < 4.78 is 12.3. The molecule has 0 radical (unpaired) electrons. The average Bonchev–Trinajstić information content (AvgIpc) is 2.76. The average molecular weight is 208 g/mol. The number of hydrogen-bond acceptors (Lipinski definition) is 3. The second kappa shape index (κ2) is 4.98. The van der Waals surface area contributed by atoms with Gasteiger partial charge in [-0.1, -0.05) is 0 Å². The lowest BCUT2D eigenvalue weighted by molar-refractivity contribution is -0.0395. The lowest BCUT2D eigenvalue weighted by Gasteiger charge is -2.22. The van der Waals surface area contributed by atoms with Gasteiger partial charge in [-0.3, -0.25) is 0 Å². The van der Waals surface area contributed by atoms with Crippen LogP contribution in [0.3, 0.4) is 0 Å². The van der Waals surface area contributed by atoms with Gasteiger partial charge in [0.2, 0.25) is 0 Å². The molecule has 1 aromatic heterocycles. The Hall–Kier alpha value is -1.29. The molecule has 1 aliphatic rings. The van der Waals surface area contributed by atoms with Gasteiger partial charge >= 0.3 is 0 Å². The number of nitrogens with zero attached hydrogens (tertiary/aromatic N) is 2. The van der Waals surface area contributed by atoms with Crippen LogP contribution in [-0.4, -0.2) is 23.5 Å². The molecular formula is C11H16N2O2. The number of aromatic nitrogens is 2. The summed E-state index contributed by atoms with van der Waals surface area (Å²) in [4.78, 5) is 0. The number of hydrogen-bond donors (Lipinski definition) is 0. The van der Waals surface area contributed by atoms with Crippen LogP contribution >= 0.6 is 0 Å². The standard InChI is InChI=1S/C11H16N2O2/c1-14-9-6-10-5-7-13(12-10)11-4-2-3-8-15-11/h5-7,9,11H,2-4,8H2,1H3/b9-6+. The van der Waals surface area contributed by atoms with Gasteiger partial charge in [0.1, 0.15) is 6.23 Å². The topological polar surface area (TPSA) is 36.3 Å². The van der Waals surface area contributed by atoms with E-state index in [9.17, 15) is 0 Å². The second-order valence-electron chi connectivity index (χ2n) is 3.58. The van der Waals surface area contributed by atoms with E-state index in [0.717, 1.165) is 25.1 Å². The van der Waals surface area contributed by atoms with E-state index in [4.69, 9.17) is 9.47 Å². The van der Waals surface area contributed by atoms with E-state index in [1.807, 2.05) is 23.0 Å². The van der Waals surface area contributed by atoms with Crippen LogP contribution in [0.25, 0.3) is 6.08 Å². The summed E-state index contributed by atoms with van der Waals surface area (Å²) in [5, 5.41) is 4.40. The van der Waals surface area contributed by atoms with Gasteiger partial charge in [-0.2, -0.15) is 5.10 Å². The van der Waals surface area contributed by atoms with E-state index in [-0.39, 0.29) is 6.23 Å². The van der Waals surface area contributed by atoms with Gasteiger partial charge in [0.05, 0.1) is 19.1 Å². The van der Waals surface area contributed by atoms with Crippen LogP contribution in [0.5, 0.6) is 0 Å². The third-order valence-corrected chi connectivity index (χ3v) is 2.45. The molecule has 0 saturated carbocycles. The molecule has 4 nitrogen and oxygen atoms in total. The molecule has 0 aromatic carbocycles. The van der Waals surface area contributed by atoms with Crippen LogP contribution in [0.4, 0.5) is 0 Å². The molecule has 82 valence electrons. The molecule has 1 unspecified atom stereocenters. The maximum atomic E-state index is 5.63. The van der Waals surface area contributed by atoms with E-state index in [2.05, 4.69) is 5.10 Å². The summed E-state index contributed by atoms with van der Waals surface area (Å²) in [6, 6.07) is 1.95.